The van der Waals surface area contributed by atoms with Crippen LogP contribution in [0.15, 0.2) is 102 Å². The number of ketones is 1. The highest BCUT2D eigenvalue weighted by Crippen LogP contribution is 2.74. The van der Waals surface area contributed by atoms with Crippen LogP contribution in [0.25, 0.3) is 0 Å². The lowest BCUT2D eigenvalue weighted by molar-refractivity contribution is -0.125. The van der Waals surface area contributed by atoms with Crippen molar-refractivity contribution in [1.82, 2.24) is 0 Å². The van der Waals surface area contributed by atoms with E-state index < -0.39 is 5.60 Å². The second kappa shape index (κ2) is 7.81. The van der Waals surface area contributed by atoms with Gasteiger partial charge in [-0.3, -0.25) is 4.79 Å². The summed E-state index contributed by atoms with van der Waals surface area (Å²) in [6.07, 6.45) is 0.569. The highest BCUT2D eigenvalue weighted by molar-refractivity contribution is 5.92. The van der Waals surface area contributed by atoms with Crippen LogP contribution in [0.5, 0.6) is 0 Å². The van der Waals surface area contributed by atoms with Gasteiger partial charge >= 0.3 is 0 Å². The van der Waals surface area contributed by atoms with Crippen molar-refractivity contribution in [3.05, 3.63) is 119 Å². The van der Waals surface area contributed by atoms with Crippen molar-refractivity contribution in [2.24, 2.45) is 16.7 Å². The Kier molecular flexibility index (Phi) is 5.17. The van der Waals surface area contributed by atoms with Gasteiger partial charge in [0.05, 0.1) is 6.61 Å². The van der Waals surface area contributed by atoms with E-state index in [2.05, 4.69) is 100 Å². The number of carbonyl (C=O) groups excluding carboxylic acids is 1. The lowest BCUT2D eigenvalue weighted by atomic mass is 9.80. The van der Waals surface area contributed by atoms with Gasteiger partial charge in [0.15, 0.2) is 0 Å². The van der Waals surface area contributed by atoms with Crippen molar-refractivity contribution >= 4 is 5.78 Å². The van der Waals surface area contributed by atoms with Gasteiger partial charge in [0.1, 0.15) is 11.4 Å². The van der Waals surface area contributed by atoms with Gasteiger partial charge in [0.2, 0.25) is 0 Å². The molecule has 2 fully saturated rings. The predicted octanol–water partition coefficient (Wildman–Crippen LogP) is 6.95. The summed E-state index contributed by atoms with van der Waals surface area (Å²) in [5.74, 6) is 0.619. The van der Waals surface area contributed by atoms with Crippen LogP contribution in [0.4, 0.5) is 0 Å². The molecular weight excluding hydrogens is 404 g/mol. The van der Waals surface area contributed by atoms with E-state index in [1.54, 1.807) is 0 Å². The maximum Gasteiger partial charge on any atom is 0.143 e. The summed E-state index contributed by atoms with van der Waals surface area (Å²) in [5.41, 5.74) is 4.77. The third-order valence-corrected chi connectivity index (χ3v) is 7.84. The van der Waals surface area contributed by atoms with E-state index in [4.69, 9.17) is 4.74 Å². The summed E-state index contributed by atoms with van der Waals surface area (Å²) in [7, 11) is 0. The minimum Gasteiger partial charge on any atom is -0.360 e. The van der Waals surface area contributed by atoms with Crippen molar-refractivity contribution < 1.29 is 9.53 Å². The van der Waals surface area contributed by atoms with Gasteiger partial charge in [-0.2, -0.15) is 0 Å². The van der Waals surface area contributed by atoms with Crippen LogP contribution in [0.1, 0.15) is 50.8 Å². The number of allylic oxidation sites excluding steroid dienone is 1. The van der Waals surface area contributed by atoms with E-state index >= 15 is 0 Å². The third-order valence-electron chi connectivity index (χ3n) is 7.84. The highest BCUT2D eigenvalue weighted by atomic mass is 16.5. The monoisotopic (exact) mass is 436 g/mol. The molecular formula is C31H32O2. The van der Waals surface area contributed by atoms with Crippen LogP contribution in [-0.2, 0) is 15.1 Å². The molecule has 3 aromatic carbocycles. The van der Waals surface area contributed by atoms with Gasteiger partial charge in [0.25, 0.3) is 0 Å². The molecule has 0 radical (unpaired) electrons. The average Bonchev–Trinajstić information content (AvgIpc) is 3.45. The summed E-state index contributed by atoms with van der Waals surface area (Å²) in [6, 6.07) is 31.4. The third kappa shape index (κ3) is 3.23. The number of benzene rings is 3. The number of carbonyl (C=O) groups is 1. The van der Waals surface area contributed by atoms with Crippen LogP contribution in [0.2, 0.25) is 0 Å². The summed E-state index contributed by atoms with van der Waals surface area (Å²) in [6.45, 7) is 9.09. The van der Waals surface area contributed by atoms with Gasteiger partial charge < -0.3 is 4.74 Å². The maximum absolute atomic E-state index is 13.0. The first-order valence-electron chi connectivity index (χ1n) is 11.9. The van der Waals surface area contributed by atoms with Crippen molar-refractivity contribution in [2.45, 2.75) is 39.7 Å². The molecule has 3 aromatic rings. The van der Waals surface area contributed by atoms with Gasteiger partial charge in [-0.05, 0) is 30.5 Å². The Hall–Kier alpha value is -2.97. The van der Waals surface area contributed by atoms with E-state index in [1.807, 2.05) is 18.2 Å². The molecule has 0 saturated heterocycles. The molecule has 2 heteroatoms. The van der Waals surface area contributed by atoms with Crippen molar-refractivity contribution in [3.8, 4) is 0 Å². The van der Waals surface area contributed by atoms with Gasteiger partial charge in [-0.25, -0.2) is 0 Å². The highest BCUT2D eigenvalue weighted by Gasteiger charge is 2.73. The fourth-order valence-corrected chi connectivity index (χ4v) is 6.35. The molecule has 2 saturated carbocycles. The Balaban J connectivity index is 1.66. The number of rotatable bonds is 6. The van der Waals surface area contributed by atoms with Crippen LogP contribution in [0, 0.1) is 16.7 Å². The Bertz CT molecular complexity index is 1090. The van der Waals surface area contributed by atoms with E-state index in [0.717, 1.165) is 16.7 Å². The number of Topliss-reactive ketones (excluding diaryl/α,β-unsaturated/α-hetero) is 1. The maximum atomic E-state index is 13.0. The zero-order valence-corrected chi connectivity index (χ0v) is 20.0. The first-order valence-corrected chi connectivity index (χ1v) is 11.9. The zero-order valence-electron chi connectivity index (χ0n) is 20.0. The first-order chi connectivity index (χ1) is 15.8. The second-order valence-electron chi connectivity index (χ2n) is 10.4. The quantitative estimate of drug-likeness (QED) is 0.309. The minimum absolute atomic E-state index is 0.191. The average molecular weight is 437 g/mol. The fourth-order valence-electron chi connectivity index (χ4n) is 6.35. The molecule has 0 amide bonds. The molecule has 0 spiro atoms. The Labute approximate surface area is 197 Å². The predicted molar refractivity (Wildman–Crippen MR) is 133 cm³/mol. The fraction of sp³-hybridized carbons (Fsp3) is 0.323. The molecule has 2 atom stereocenters. The van der Waals surface area contributed by atoms with Crippen molar-refractivity contribution in [2.75, 3.05) is 6.61 Å². The second-order valence-corrected chi connectivity index (χ2v) is 10.4. The Morgan fingerprint density at radius 3 is 1.64 bits per heavy atom. The molecule has 2 nitrogen and oxygen atoms in total. The van der Waals surface area contributed by atoms with Crippen LogP contribution >= 0.6 is 0 Å². The summed E-state index contributed by atoms with van der Waals surface area (Å²) >= 11 is 0. The lowest BCUT2D eigenvalue weighted by Gasteiger charge is -2.37. The lowest BCUT2D eigenvalue weighted by Crippen LogP contribution is -2.35. The van der Waals surface area contributed by atoms with Crippen LogP contribution in [0.3, 0.4) is 0 Å². The molecule has 5 rings (SSSR count). The number of fused-ring (bicyclic) bond motifs is 1. The van der Waals surface area contributed by atoms with Crippen LogP contribution < -0.4 is 0 Å². The molecule has 168 valence electrons. The zero-order chi connectivity index (χ0) is 23.3. The standard InChI is InChI=1S/C31H32O2/c1-22(2)27-28-29(3,4)26(32)20-30(27,28)21-33-31(23-14-8-5-9-15-23,24-16-10-6-11-17-24)25-18-12-7-13-19-25/h5-19,28H,20-21H2,1-4H3/t28-,30+/m0/s1. The number of hydrogen-bond donors (Lipinski definition) is 0. The molecule has 0 heterocycles. The Morgan fingerprint density at radius 2 is 1.24 bits per heavy atom. The molecule has 2 aliphatic rings. The van der Waals surface area contributed by atoms with Crippen molar-refractivity contribution in [1.29, 1.82) is 0 Å². The van der Waals surface area contributed by atoms with E-state index in [1.165, 1.54) is 11.1 Å². The molecule has 2 aliphatic carbocycles. The molecule has 33 heavy (non-hydrogen) atoms. The van der Waals surface area contributed by atoms with Gasteiger partial charge in [-0.15, -0.1) is 0 Å². The van der Waals surface area contributed by atoms with Gasteiger partial charge in [-0.1, -0.05) is 116 Å². The molecule has 0 N–H and O–H groups in total. The van der Waals surface area contributed by atoms with E-state index in [-0.39, 0.29) is 16.7 Å². The molecule has 0 aliphatic heterocycles. The number of ether oxygens (including phenoxy) is 1. The topological polar surface area (TPSA) is 26.3 Å². The summed E-state index contributed by atoms with van der Waals surface area (Å²) in [5, 5.41) is 0. The summed E-state index contributed by atoms with van der Waals surface area (Å²) < 4.78 is 7.15. The van der Waals surface area contributed by atoms with Crippen molar-refractivity contribution in [3.63, 3.8) is 0 Å². The normalized spacial score (nSPS) is 23.3. The first kappa shape index (κ1) is 21.9. The number of hydrogen-bond acceptors (Lipinski definition) is 2. The van der Waals surface area contributed by atoms with Gasteiger partial charge in [0, 0.05) is 23.2 Å². The SMILES string of the molecule is CC(C)=C1[C@H]2C(C)(C)C(=O)C[C@@]12COC(c1ccccc1)(c1ccccc1)c1ccccc1. The minimum atomic E-state index is -0.756. The largest absolute Gasteiger partial charge is 0.360 e. The van der Waals surface area contributed by atoms with E-state index in [9.17, 15) is 4.79 Å². The Morgan fingerprint density at radius 1 is 0.818 bits per heavy atom. The summed E-state index contributed by atoms with van der Waals surface area (Å²) in [4.78, 5) is 13.0. The molecule has 0 bridgehead atoms. The van der Waals surface area contributed by atoms with Crippen LogP contribution in [-0.4, -0.2) is 12.4 Å². The molecule has 0 aromatic heterocycles. The van der Waals surface area contributed by atoms with E-state index in [0.29, 0.717) is 18.8 Å². The molecule has 0 unspecified atom stereocenters. The smallest absolute Gasteiger partial charge is 0.143 e.